The van der Waals surface area contributed by atoms with Gasteiger partial charge in [-0.3, -0.25) is 9.59 Å². The number of benzene rings is 2. The quantitative estimate of drug-likeness (QED) is 0.308. The van der Waals surface area contributed by atoms with Gasteiger partial charge in [0.2, 0.25) is 11.8 Å². The van der Waals surface area contributed by atoms with Gasteiger partial charge in [0.1, 0.15) is 23.6 Å². The highest BCUT2D eigenvalue weighted by molar-refractivity contribution is 5.91. The number of halogens is 2. The lowest BCUT2D eigenvalue weighted by Crippen LogP contribution is -2.48. The number of aromatic nitrogens is 1. The van der Waals surface area contributed by atoms with Crippen LogP contribution in [0, 0.1) is 23.5 Å². The highest BCUT2D eigenvalue weighted by atomic mass is 19.1. The Kier molecular flexibility index (Phi) is 9.95. The maximum Gasteiger partial charge on any atom is 0.254 e. The van der Waals surface area contributed by atoms with Crippen molar-refractivity contribution < 1.29 is 32.7 Å². The average Bonchev–Trinajstić information content (AvgIpc) is 3.63. The minimum absolute atomic E-state index is 0.0185. The van der Waals surface area contributed by atoms with E-state index in [1.165, 1.54) is 23.1 Å². The summed E-state index contributed by atoms with van der Waals surface area (Å²) in [7, 11) is 0. The van der Waals surface area contributed by atoms with Crippen molar-refractivity contribution in [2.75, 3.05) is 26.2 Å². The van der Waals surface area contributed by atoms with Gasteiger partial charge in [0, 0.05) is 19.0 Å². The van der Waals surface area contributed by atoms with Crippen LogP contribution in [0.3, 0.4) is 0 Å². The molecule has 2 fully saturated rings. The molecule has 0 unspecified atom stereocenters. The molecule has 3 heterocycles. The van der Waals surface area contributed by atoms with Crippen LogP contribution < -0.4 is 15.4 Å². The molecule has 2 saturated heterocycles. The van der Waals surface area contributed by atoms with Crippen molar-refractivity contribution in [3.05, 3.63) is 71.5 Å². The molecule has 2 aromatic carbocycles. The predicted octanol–water partition coefficient (Wildman–Crippen LogP) is 4.58. The summed E-state index contributed by atoms with van der Waals surface area (Å²) in [6, 6.07) is 10.6. The number of nitrogens with zero attached hydrogens (tertiary/aromatic N) is 2. The van der Waals surface area contributed by atoms with E-state index in [0.717, 1.165) is 25.9 Å². The van der Waals surface area contributed by atoms with Crippen LogP contribution in [0.2, 0.25) is 0 Å². The molecule has 236 valence electrons. The molecule has 2 aliphatic rings. The minimum atomic E-state index is -0.883. The number of aliphatic hydroxyl groups is 1. The van der Waals surface area contributed by atoms with Gasteiger partial charge in [0.05, 0.1) is 24.3 Å². The van der Waals surface area contributed by atoms with Crippen LogP contribution in [0.5, 0.6) is 5.88 Å². The second kappa shape index (κ2) is 13.9. The molecule has 3 N–H and O–H groups in total. The SMILES string of the molecule is CC(C)[C@@H](C(=O)N1C[C@H](O)C[C@H]1C(=O)N[C@@H](C)c1ccc(-c2c(F)cccc2F)cc1)c1cc(OCC2CCNCC2)no1. The molecule has 0 saturated carbocycles. The van der Waals surface area contributed by atoms with Crippen molar-refractivity contribution in [1.82, 2.24) is 20.7 Å². The Bertz CT molecular complexity index is 1420. The number of carbonyl (C=O) groups excluding carboxylic acids is 2. The minimum Gasteiger partial charge on any atom is -0.475 e. The number of nitrogens with one attached hydrogen (secondary N) is 2. The van der Waals surface area contributed by atoms with E-state index in [1.54, 1.807) is 37.3 Å². The molecule has 9 nitrogen and oxygen atoms in total. The van der Waals surface area contributed by atoms with Gasteiger partial charge in [-0.15, -0.1) is 0 Å². The second-order valence-corrected chi connectivity index (χ2v) is 12.1. The summed E-state index contributed by atoms with van der Waals surface area (Å²) < 4.78 is 39.9. The van der Waals surface area contributed by atoms with E-state index in [0.29, 0.717) is 35.3 Å². The van der Waals surface area contributed by atoms with E-state index in [4.69, 9.17) is 9.26 Å². The Morgan fingerprint density at radius 3 is 2.45 bits per heavy atom. The summed E-state index contributed by atoms with van der Waals surface area (Å²) in [5.41, 5.74) is 0.983. The summed E-state index contributed by atoms with van der Waals surface area (Å²) in [4.78, 5) is 28.8. The molecule has 2 amide bonds. The van der Waals surface area contributed by atoms with Gasteiger partial charge in [0.25, 0.3) is 5.88 Å². The molecule has 0 radical (unpaired) electrons. The molecule has 5 rings (SSSR count). The number of ether oxygens (including phenoxy) is 1. The second-order valence-electron chi connectivity index (χ2n) is 12.1. The van der Waals surface area contributed by atoms with Crippen molar-refractivity contribution >= 4 is 11.8 Å². The zero-order valence-corrected chi connectivity index (χ0v) is 25.3. The number of rotatable bonds is 10. The summed E-state index contributed by atoms with van der Waals surface area (Å²) in [6.07, 6.45) is 1.29. The third kappa shape index (κ3) is 7.10. The van der Waals surface area contributed by atoms with Crippen LogP contribution in [0.25, 0.3) is 11.1 Å². The van der Waals surface area contributed by atoms with Crippen LogP contribution in [0.4, 0.5) is 8.78 Å². The van der Waals surface area contributed by atoms with E-state index >= 15 is 0 Å². The van der Waals surface area contributed by atoms with Crippen LogP contribution in [-0.4, -0.2) is 65.4 Å². The van der Waals surface area contributed by atoms with Gasteiger partial charge < -0.3 is 29.9 Å². The van der Waals surface area contributed by atoms with E-state index in [-0.39, 0.29) is 30.4 Å². The third-order valence-corrected chi connectivity index (χ3v) is 8.56. The number of aliphatic hydroxyl groups excluding tert-OH is 1. The van der Waals surface area contributed by atoms with Gasteiger partial charge in [-0.25, -0.2) is 8.78 Å². The lowest BCUT2D eigenvalue weighted by atomic mass is 9.91. The number of piperidine rings is 1. The first kappa shape index (κ1) is 31.6. The van der Waals surface area contributed by atoms with E-state index in [2.05, 4.69) is 15.8 Å². The zero-order chi connectivity index (χ0) is 31.4. The monoisotopic (exact) mass is 610 g/mol. The summed E-state index contributed by atoms with van der Waals surface area (Å²) in [6.45, 7) is 8.02. The Balaban J connectivity index is 1.25. The summed E-state index contributed by atoms with van der Waals surface area (Å²) in [5, 5.41) is 20.8. The number of carbonyl (C=O) groups is 2. The lowest BCUT2D eigenvalue weighted by molar-refractivity contribution is -0.141. The highest BCUT2D eigenvalue weighted by Gasteiger charge is 2.43. The van der Waals surface area contributed by atoms with Crippen molar-refractivity contribution in [3.8, 4) is 17.0 Å². The first-order valence-electron chi connectivity index (χ1n) is 15.3. The molecular weight excluding hydrogens is 570 g/mol. The Morgan fingerprint density at radius 2 is 1.80 bits per heavy atom. The first-order chi connectivity index (χ1) is 21.1. The predicted molar refractivity (Wildman–Crippen MR) is 160 cm³/mol. The van der Waals surface area contributed by atoms with Gasteiger partial charge in [-0.1, -0.05) is 44.2 Å². The number of likely N-dealkylation sites (tertiary alicyclic amines) is 1. The molecule has 0 aliphatic carbocycles. The van der Waals surface area contributed by atoms with Crippen LogP contribution >= 0.6 is 0 Å². The third-order valence-electron chi connectivity index (χ3n) is 8.56. The van der Waals surface area contributed by atoms with Crippen molar-refractivity contribution in [1.29, 1.82) is 0 Å². The smallest absolute Gasteiger partial charge is 0.254 e. The van der Waals surface area contributed by atoms with Crippen LogP contribution in [0.1, 0.15) is 63.3 Å². The van der Waals surface area contributed by atoms with Crippen LogP contribution in [0.15, 0.2) is 53.1 Å². The van der Waals surface area contributed by atoms with E-state index < -0.39 is 41.6 Å². The Hall–Kier alpha value is -3.83. The number of hydrogen-bond acceptors (Lipinski definition) is 7. The van der Waals surface area contributed by atoms with Gasteiger partial charge in [0.15, 0.2) is 5.76 Å². The average molecular weight is 611 g/mol. The molecule has 3 aromatic rings. The topological polar surface area (TPSA) is 117 Å². The van der Waals surface area contributed by atoms with Crippen molar-refractivity contribution in [2.24, 2.45) is 11.8 Å². The molecule has 0 spiro atoms. The maximum atomic E-state index is 14.2. The molecule has 44 heavy (non-hydrogen) atoms. The van der Waals surface area contributed by atoms with Gasteiger partial charge in [-0.2, -0.15) is 0 Å². The molecule has 0 bridgehead atoms. The molecular formula is C33H40F2N4O5. The van der Waals surface area contributed by atoms with Gasteiger partial charge >= 0.3 is 0 Å². The molecule has 11 heteroatoms. The normalized spacial score (nSPS) is 20.5. The number of β-amino-alcohol motifs (C(OH)–C–C–N with tert-alkyl or cyclic N) is 1. The largest absolute Gasteiger partial charge is 0.475 e. The number of amides is 2. The zero-order valence-electron chi connectivity index (χ0n) is 25.3. The fourth-order valence-corrected chi connectivity index (χ4v) is 6.06. The Morgan fingerprint density at radius 1 is 1.11 bits per heavy atom. The van der Waals surface area contributed by atoms with Gasteiger partial charge in [-0.05, 0) is 73.1 Å². The molecule has 1 aromatic heterocycles. The lowest BCUT2D eigenvalue weighted by Gasteiger charge is -2.29. The van der Waals surface area contributed by atoms with Crippen molar-refractivity contribution in [3.63, 3.8) is 0 Å². The summed E-state index contributed by atoms with van der Waals surface area (Å²) in [5.74, 6) is -1.84. The molecule has 4 atom stereocenters. The fraction of sp³-hybridized carbons (Fsp3) is 0.485. The van der Waals surface area contributed by atoms with E-state index in [1.807, 2.05) is 13.8 Å². The standard InChI is InChI=1S/C33H40F2N4O5/c1-19(2)30(28-16-29(38-44-28)43-18-21-11-13-36-14-12-21)33(42)39-17-24(40)15-27(39)32(41)37-20(3)22-7-9-23(10-8-22)31-25(34)5-4-6-26(31)35/h4-10,16,19-21,24,27,30,36,40H,11-15,17-18H2,1-3H3,(H,37,41)/t20-,24+,27-,30+/m0/s1. The highest BCUT2D eigenvalue weighted by Crippen LogP contribution is 2.33. The summed E-state index contributed by atoms with van der Waals surface area (Å²) >= 11 is 0. The first-order valence-corrected chi connectivity index (χ1v) is 15.3. The Labute approximate surface area is 255 Å². The van der Waals surface area contributed by atoms with E-state index in [9.17, 15) is 23.5 Å². The fourth-order valence-electron chi connectivity index (χ4n) is 6.06. The van der Waals surface area contributed by atoms with Crippen molar-refractivity contribution in [2.45, 2.75) is 64.1 Å². The van der Waals surface area contributed by atoms with Crippen LogP contribution in [-0.2, 0) is 9.59 Å². The number of hydrogen-bond donors (Lipinski definition) is 3. The molecule has 2 aliphatic heterocycles. The maximum absolute atomic E-state index is 14.2.